The van der Waals surface area contributed by atoms with E-state index in [2.05, 4.69) is 31.0 Å². The summed E-state index contributed by atoms with van der Waals surface area (Å²) in [5, 5.41) is 3.70. The first-order chi connectivity index (χ1) is 9.70. The summed E-state index contributed by atoms with van der Waals surface area (Å²) in [6.45, 7) is 9.46. The topological polar surface area (TPSA) is 15.3 Å². The van der Waals surface area contributed by atoms with E-state index in [0.29, 0.717) is 0 Å². The van der Waals surface area contributed by atoms with Gasteiger partial charge in [0.25, 0.3) is 0 Å². The lowest BCUT2D eigenvalue weighted by Crippen LogP contribution is -2.48. The van der Waals surface area contributed by atoms with Crippen LogP contribution in [0.3, 0.4) is 0 Å². The molecule has 2 fully saturated rings. The van der Waals surface area contributed by atoms with Crippen LogP contribution in [0, 0.1) is 5.92 Å². The average Bonchev–Trinajstić information content (AvgIpc) is 2.93. The normalized spacial score (nSPS) is 28.6. The molecule has 0 bridgehead atoms. The van der Waals surface area contributed by atoms with Crippen LogP contribution in [0.4, 0.5) is 0 Å². The summed E-state index contributed by atoms with van der Waals surface area (Å²) >= 11 is 0. The highest BCUT2D eigenvalue weighted by Gasteiger charge is 2.31. The van der Waals surface area contributed by atoms with Crippen LogP contribution in [0.25, 0.3) is 0 Å². The summed E-state index contributed by atoms with van der Waals surface area (Å²) in [6.07, 6.45) is 12.9. The van der Waals surface area contributed by atoms with Crippen LogP contribution in [0.1, 0.15) is 78.6 Å². The Labute approximate surface area is 126 Å². The fourth-order valence-electron chi connectivity index (χ4n) is 4.25. The molecule has 2 nitrogen and oxygen atoms in total. The molecule has 118 valence electrons. The van der Waals surface area contributed by atoms with Crippen LogP contribution in [0.2, 0.25) is 0 Å². The summed E-state index contributed by atoms with van der Waals surface area (Å²) in [5.74, 6) is 0.840. The van der Waals surface area contributed by atoms with Crippen molar-refractivity contribution >= 4 is 0 Å². The van der Waals surface area contributed by atoms with Crippen molar-refractivity contribution in [3.8, 4) is 0 Å². The van der Waals surface area contributed by atoms with Gasteiger partial charge in [-0.3, -0.25) is 4.90 Å². The van der Waals surface area contributed by atoms with Gasteiger partial charge in [-0.1, -0.05) is 40.0 Å². The van der Waals surface area contributed by atoms with Gasteiger partial charge in [0, 0.05) is 18.1 Å². The first kappa shape index (κ1) is 16.3. The van der Waals surface area contributed by atoms with Crippen molar-refractivity contribution in [1.82, 2.24) is 10.2 Å². The minimum Gasteiger partial charge on any atom is -0.314 e. The number of hydrogen-bond acceptors (Lipinski definition) is 2. The second-order valence-corrected chi connectivity index (χ2v) is 7.43. The molecule has 20 heavy (non-hydrogen) atoms. The summed E-state index contributed by atoms with van der Waals surface area (Å²) in [6, 6.07) is 2.54. The van der Waals surface area contributed by atoms with Gasteiger partial charge < -0.3 is 5.32 Å². The van der Waals surface area contributed by atoms with Gasteiger partial charge in [-0.2, -0.15) is 0 Å². The molecule has 0 amide bonds. The second-order valence-electron chi connectivity index (χ2n) is 7.43. The first-order valence-electron chi connectivity index (χ1n) is 9.19. The molecule has 2 unspecified atom stereocenters. The molecular weight excluding hydrogens is 244 g/mol. The zero-order valence-corrected chi connectivity index (χ0v) is 14.0. The Balaban J connectivity index is 1.93. The first-order valence-corrected chi connectivity index (χ1v) is 9.19. The molecule has 0 aromatic heterocycles. The van der Waals surface area contributed by atoms with Crippen molar-refractivity contribution in [1.29, 1.82) is 0 Å². The standard InChI is InChI=1S/C18H36N2/c1-4-19-16-8-7-11-18(14-16)20(13-12-15(2)3)17-9-5-6-10-17/h15-19H,4-14H2,1-3H3. The Bertz CT molecular complexity index is 256. The molecule has 0 radical (unpaired) electrons. The monoisotopic (exact) mass is 280 g/mol. The van der Waals surface area contributed by atoms with Crippen LogP contribution < -0.4 is 5.32 Å². The molecule has 2 heteroatoms. The average molecular weight is 280 g/mol. The van der Waals surface area contributed by atoms with Crippen molar-refractivity contribution in [2.75, 3.05) is 13.1 Å². The molecule has 0 aliphatic heterocycles. The molecule has 2 atom stereocenters. The van der Waals surface area contributed by atoms with E-state index >= 15 is 0 Å². The van der Waals surface area contributed by atoms with Crippen molar-refractivity contribution < 1.29 is 0 Å². The molecule has 2 aliphatic rings. The molecule has 0 aromatic carbocycles. The van der Waals surface area contributed by atoms with E-state index in [1.54, 1.807) is 0 Å². The summed E-state index contributed by atoms with van der Waals surface area (Å²) in [5.41, 5.74) is 0. The summed E-state index contributed by atoms with van der Waals surface area (Å²) in [4.78, 5) is 2.93. The Morgan fingerprint density at radius 1 is 1.00 bits per heavy atom. The van der Waals surface area contributed by atoms with E-state index < -0.39 is 0 Å². The van der Waals surface area contributed by atoms with E-state index in [1.807, 2.05) is 0 Å². The fraction of sp³-hybridized carbons (Fsp3) is 1.00. The molecule has 0 heterocycles. The fourth-order valence-corrected chi connectivity index (χ4v) is 4.25. The smallest absolute Gasteiger partial charge is 0.0113 e. The van der Waals surface area contributed by atoms with Crippen molar-refractivity contribution in [2.45, 2.75) is 96.7 Å². The Kier molecular flexibility index (Phi) is 6.83. The van der Waals surface area contributed by atoms with Gasteiger partial charge >= 0.3 is 0 Å². The van der Waals surface area contributed by atoms with Gasteiger partial charge in [-0.25, -0.2) is 0 Å². The van der Waals surface area contributed by atoms with Gasteiger partial charge in [0.15, 0.2) is 0 Å². The molecule has 2 saturated carbocycles. The summed E-state index contributed by atoms with van der Waals surface area (Å²) < 4.78 is 0. The zero-order valence-electron chi connectivity index (χ0n) is 14.0. The molecule has 0 spiro atoms. The van der Waals surface area contributed by atoms with E-state index in [-0.39, 0.29) is 0 Å². The van der Waals surface area contributed by atoms with Crippen LogP contribution in [-0.4, -0.2) is 36.1 Å². The van der Waals surface area contributed by atoms with Crippen LogP contribution in [-0.2, 0) is 0 Å². The van der Waals surface area contributed by atoms with Crippen LogP contribution >= 0.6 is 0 Å². The SMILES string of the molecule is CCNC1CCCC(N(CCC(C)C)C2CCCC2)C1. The second kappa shape index (κ2) is 8.38. The van der Waals surface area contributed by atoms with E-state index in [1.165, 1.54) is 64.3 Å². The highest BCUT2D eigenvalue weighted by Crippen LogP contribution is 2.31. The largest absolute Gasteiger partial charge is 0.314 e. The molecule has 2 rings (SSSR count). The Hall–Kier alpha value is -0.0800. The number of rotatable bonds is 7. The predicted molar refractivity (Wildman–Crippen MR) is 88.1 cm³/mol. The molecule has 0 aromatic rings. The highest BCUT2D eigenvalue weighted by molar-refractivity contribution is 4.88. The van der Waals surface area contributed by atoms with Gasteiger partial charge in [-0.15, -0.1) is 0 Å². The number of nitrogens with zero attached hydrogens (tertiary/aromatic N) is 1. The van der Waals surface area contributed by atoms with Gasteiger partial charge in [0.2, 0.25) is 0 Å². The maximum Gasteiger partial charge on any atom is 0.0113 e. The lowest BCUT2D eigenvalue weighted by molar-refractivity contribution is 0.0894. The summed E-state index contributed by atoms with van der Waals surface area (Å²) in [7, 11) is 0. The van der Waals surface area contributed by atoms with Crippen molar-refractivity contribution in [2.24, 2.45) is 5.92 Å². The van der Waals surface area contributed by atoms with Gasteiger partial charge in [0.05, 0.1) is 0 Å². The lowest BCUT2D eigenvalue weighted by atomic mass is 9.88. The predicted octanol–water partition coefficient (Wildman–Crippen LogP) is 4.20. The van der Waals surface area contributed by atoms with Crippen molar-refractivity contribution in [3.63, 3.8) is 0 Å². The molecular formula is C18H36N2. The van der Waals surface area contributed by atoms with Crippen LogP contribution in [0.15, 0.2) is 0 Å². The Morgan fingerprint density at radius 3 is 2.35 bits per heavy atom. The van der Waals surface area contributed by atoms with E-state index in [4.69, 9.17) is 0 Å². The van der Waals surface area contributed by atoms with Gasteiger partial charge in [-0.05, 0) is 57.5 Å². The minimum absolute atomic E-state index is 0.779. The number of hydrogen-bond donors (Lipinski definition) is 1. The molecule has 0 saturated heterocycles. The van der Waals surface area contributed by atoms with E-state index in [9.17, 15) is 0 Å². The van der Waals surface area contributed by atoms with E-state index in [0.717, 1.165) is 30.6 Å². The highest BCUT2D eigenvalue weighted by atomic mass is 15.2. The third-order valence-corrected chi connectivity index (χ3v) is 5.37. The third kappa shape index (κ3) is 4.73. The van der Waals surface area contributed by atoms with Gasteiger partial charge in [0.1, 0.15) is 0 Å². The number of nitrogens with one attached hydrogen (secondary N) is 1. The zero-order chi connectivity index (χ0) is 14.4. The quantitative estimate of drug-likeness (QED) is 0.752. The minimum atomic E-state index is 0.779. The molecule has 2 aliphatic carbocycles. The Morgan fingerprint density at radius 2 is 1.70 bits per heavy atom. The maximum absolute atomic E-state index is 3.70. The molecule has 1 N–H and O–H groups in total. The van der Waals surface area contributed by atoms with Crippen molar-refractivity contribution in [3.05, 3.63) is 0 Å². The lowest BCUT2D eigenvalue weighted by Gasteiger charge is -2.41. The maximum atomic E-state index is 3.70. The third-order valence-electron chi connectivity index (χ3n) is 5.37. The van der Waals surface area contributed by atoms with Crippen LogP contribution in [0.5, 0.6) is 0 Å².